The van der Waals surface area contributed by atoms with E-state index in [0.717, 1.165) is 30.3 Å². The Balaban J connectivity index is 1.56. The summed E-state index contributed by atoms with van der Waals surface area (Å²) in [6.45, 7) is 9.11. The molecule has 0 bridgehead atoms. The molecule has 1 amide bonds. The van der Waals surface area contributed by atoms with Crippen molar-refractivity contribution >= 4 is 17.5 Å². The average molecular weight is 670 g/mol. The minimum absolute atomic E-state index is 0.0443. The highest BCUT2D eigenvalue weighted by Crippen LogP contribution is 2.35. The summed E-state index contributed by atoms with van der Waals surface area (Å²) in [4.78, 5) is 45.9. The van der Waals surface area contributed by atoms with E-state index in [-0.39, 0.29) is 24.3 Å². The number of amides is 1. The lowest BCUT2D eigenvalue weighted by atomic mass is 9.93. The molecular weight excluding hydrogens is 630 g/mol. The van der Waals surface area contributed by atoms with E-state index >= 15 is 0 Å². The van der Waals surface area contributed by atoms with Gasteiger partial charge in [0, 0.05) is 43.0 Å². The second kappa shape index (κ2) is 13.9. The minimum Gasteiger partial charge on any atom is -0.481 e. The van der Waals surface area contributed by atoms with Crippen molar-refractivity contribution in [2.75, 3.05) is 19.6 Å². The molecule has 13 heteroatoms. The van der Waals surface area contributed by atoms with Crippen molar-refractivity contribution in [3.05, 3.63) is 93.0 Å². The number of carbonyl (C=O) groups is 2. The van der Waals surface area contributed by atoms with Crippen LogP contribution in [0, 0.1) is 25.6 Å². The first kappa shape index (κ1) is 34.8. The number of aryl methyl sites for hydroxylation is 2. The summed E-state index contributed by atoms with van der Waals surface area (Å²) in [6.07, 6.45) is 1.87. The lowest BCUT2D eigenvalue weighted by Crippen LogP contribution is -2.41. The normalized spacial score (nSPS) is 15.0. The standard InChI is InChI=1S/C35H39F4N5O4/c1-20(2)12-29(44-19-23(6-10-42-8-5-9-42)27(16-30(44)45)35(37,38)39)34(48)41-28(17-31(46)47)24-15-26(33-40-7-11-43(33)18-24)32-21(3)13-25(36)14-22(32)4/h7,11,13-16,18-20,28-29H,5-6,8-10,12,17H2,1-4H3,(H,41,48)(H,46,47)/t28?,29-/m1/s1. The highest BCUT2D eigenvalue weighted by Gasteiger charge is 2.36. The largest absolute Gasteiger partial charge is 0.481 e. The highest BCUT2D eigenvalue weighted by molar-refractivity contribution is 5.84. The van der Waals surface area contributed by atoms with Crippen LogP contribution in [0.15, 0.2) is 53.8 Å². The zero-order valence-electron chi connectivity index (χ0n) is 27.3. The van der Waals surface area contributed by atoms with Gasteiger partial charge in [0.2, 0.25) is 5.91 Å². The van der Waals surface area contributed by atoms with Crippen LogP contribution in [-0.4, -0.2) is 55.5 Å². The monoisotopic (exact) mass is 669 g/mol. The zero-order chi connectivity index (χ0) is 34.9. The van der Waals surface area contributed by atoms with Crippen LogP contribution in [0.1, 0.15) is 73.0 Å². The van der Waals surface area contributed by atoms with E-state index in [9.17, 15) is 37.1 Å². The van der Waals surface area contributed by atoms with Gasteiger partial charge in [0.25, 0.3) is 5.56 Å². The number of carboxylic acids is 1. The molecule has 2 atom stereocenters. The lowest BCUT2D eigenvalue weighted by molar-refractivity contribution is -0.139. The number of rotatable bonds is 12. The first-order valence-corrected chi connectivity index (χ1v) is 15.9. The molecule has 3 aromatic heterocycles. The van der Waals surface area contributed by atoms with Gasteiger partial charge in [-0.1, -0.05) is 13.8 Å². The fourth-order valence-corrected chi connectivity index (χ4v) is 6.44. The predicted molar refractivity (Wildman–Crippen MR) is 172 cm³/mol. The molecule has 256 valence electrons. The third-order valence-electron chi connectivity index (χ3n) is 8.82. The topological polar surface area (TPSA) is 109 Å². The molecule has 0 radical (unpaired) electrons. The third-order valence-corrected chi connectivity index (χ3v) is 8.82. The molecule has 1 saturated heterocycles. The van der Waals surface area contributed by atoms with Crippen LogP contribution in [0.25, 0.3) is 16.8 Å². The number of imidazole rings is 1. The molecule has 1 unspecified atom stereocenters. The van der Waals surface area contributed by atoms with Gasteiger partial charge < -0.3 is 24.3 Å². The van der Waals surface area contributed by atoms with Gasteiger partial charge in [0.05, 0.1) is 18.0 Å². The van der Waals surface area contributed by atoms with Gasteiger partial charge in [0.15, 0.2) is 0 Å². The maximum Gasteiger partial charge on any atom is 0.416 e. The van der Waals surface area contributed by atoms with Crippen molar-refractivity contribution in [1.82, 2.24) is 24.2 Å². The number of hydrogen-bond donors (Lipinski definition) is 2. The summed E-state index contributed by atoms with van der Waals surface area (Å²) in [5.41, 5.74) is 1.44. The average Bonchev–Trinajstić information content (AvgIpc) is 3.43. The molecular formula is C35H39F4N5O4. The second-order valence-electron chi connectivity index (χ2n) is 13.0. The van der Waals surface area contributed by atoms with E-state index in [2.05, 4.69) is 10.3 Å². The van der Waals surface area contributed by atoms with Crippen molar-refractivity contribution in [3.8, 4) is 11.1 Å². The SMILES string of the molecule is Cc1cc(F)cc(C)c1-c1cc(C(CC(=O)O)NC(=O)[C@@H](CC(C)C)n2cc(CCN3CCC3)c(C(F)(F)F)cc2=O)cn2ccnc12. The number of fused-ring (bicyclic) bond motifs is 1. The third kappa shape index (κ3) is 7.61. The number of nitrogens with zero attached hydrogens (tertiary/aromatic N) is 4. The number of carboxylic acid groups (broad SMARTS) is 1. The van der Waals surface area contributed by atoms with E-state index in [1.807, 2.05) is 18.7 Å². The fourth-order valence-electron chi connectivity index (χ4n) is 6.44. The van der Waals surface area contributed by atoms with E-state index in [4.69, 9.17) is 0 Å². The van der Waals surface area contributed by atoms with Gasteiger partial charge in [-0.15, -0.1) is 0 Å². The van der Waals surface area contributed by atoms with Gasteiger partial charge in [-0.05, 0) is 98.1 Å². The molecule has 1 aromatic carbocycles. The molecule has 2 N–H and O–H groups in total. The molecule has 0 aliphatic carbocycles. The number of alkyl halides is 3. The van der Waals surface area contributed by atoms with E-state index < -0.39 is 53.5 Å². The number of halogens is 4. The number of likely N-dealkylation sites (tertiary alicyclic amines) is 1. The molecule has 9 nitrogen and oxygen atoms in total. The van der Waals surface area contributed by atoms with Crippen molar-refractivity contribution in [2.24, 2.45) is 5.92 Å². The Bertz CT molecular complexity index is 1870. The first-order chi connectivity index (χ1) is 22.6. The Hall–Kier alpha value is -4.52. The molecule has 5 rings (SSSR count). The van der Waals surface area contributed by atoms with Crippen molar-refractivity contribution in [1.29, 1.82) is 0 Å². The molecule has 1 aliphatic rings. The first-order valence-electron chi connectivity index (χ1n) is 15.9. The molecule has 1 fully saturated rings. The molecule has 0 saturated carbocycles. The summed E-state index contributed by atoms with van der Waals surface area (Å²) < 4.78 is 59.0. The Morgan fingerprint density at radius 3 is 2.33 bits per heavy atom. The number of aliphatic carboxylic acids is 1. The van der Waals surface area contributed by atoms with Crippen molar-refractivity contribution in [3.63, 3.8) is 0 Å². The molecule has 4 aromatic rings. The quantitative estimate of drug-likeness (QED) is 0.177. The number of pyridine rings is 2. The molecule has 4 heterocycles. The predicted octanol–water partition coefficient (Wildman–Crippen LogP) is 6.11. The Morgan fingerprint density at radius 1 is 1.06 bits per heavy atom. The van der Waals surface area contributed by atoms with Crippen LogP contribution in [-0.2, 0) is 22.2 Å². The van der Waals surface area contributed by atoms with Gasteiger partial charge in [-0.25, -0.2) is 9.37 Å². The minimum atomic E-state index is -4.75. The number of hydrogen-bond acceptors (Lipinski definition) is 5. The van der Waals surface area contributed by atoms with Crippen LogP contribution in [0.2, 0.25) is 0 Å². The smallest absolute Gasteiger partial charge is 0.416 e. The summed E-state index contributed by atoms with van der Waals surface area (Å²) in [6, 6.07) is 2.73. The molecule has 48 heavy (non-hydrogen) atoms. The van der Waals surface area contributed by atoms with Gasteiger partial charge in [0.1, 0.15) is 17.5 Å². The highest BCUT2D eigenvalue weighted by atomic mass is 19.4. The van der Waals surface area contributed by atoms with E-state index in [0.29, 0.717) is 46.1 Å². The number of aromatic nitrogens is 3. The van der Waals surface area contributed by atoms with Crippen LogP contribution in [0.3, 0.4) is 0 Å². The Kier molecular flexibility index (Phi) is 10.1. The van der Waals surface area contributed by atoms with Crippen LogP contribution >= 0.6 is 0 Å². The van der Waals surface area contributed by atoms with Crippen molar-refractivity contribution in [2.45, 2.75) is 71.6 Å². The zero-order valence-corrected chi connectivity index (χ0v) is 27.3. The lowest BCUT2D eigenvalue weighted by Gasteiger charge is -2.31. The van der Waals surface area contributed by atoms with E-state index in [1.165, 1.54) is 12.1 Å². The van der Waals surface area contributed by atoms with Gasteiger partial charge in [-0.2, -0.15) is 13.2 Å². The molecule has 0 spiro atoms. The second-order valence-corrected chi connectivity index (χ2v) is 13.0. The van der Waals surface area contributed by atoms with E-state index in [1.54, 1.807) is 42.9 Å². The Morgan fingerprint density at radius 2 is 1.75 bits per heavy atom. The number of carbonyl (C=O) groups excluding carboxylic acids is 1. The van der Waals surface area contributed by atoms with Crippen LogP contribution in [0.4, 0.5) is 17.6 Å². The van der Waals surface area contributed by atoms with Crippen LogP contribution < -0.4 is 10.9 Å². The van der Waals surface area contributed by atoms with Crippen LogP contribution in [0.5, 0.6) is 0 Å². The summed E-state index contributed by atoms with van der Waals surface area (Å²) in [7, 11) is 0. The maximum atomic E-state index is 14.2. The molecule has 1 aliphatic heterocycles. The summed E-state index contributed by atoms with van der Waals surface area (Å²) in [5, 5.41) is 12.7. The number of benzene rings is 1. The van der Waals surface area contributed by atoms with Crippen molar-refractivity contribution < 1.29 is 32.3 Å². The maximum absolute atomic E-state index is 14.2. The summed E-state index contributed by atoms with van der Waals surface area (Å²) >= 11 is 0. The van der Waals surface area contributed by atoms with Gasteiger partial charge in [-0.3, -0.25) is 14.4 Å². The fraction of sp³-hybridized carbons (Fsp3) is 0.429. The Labute approximate surface area is 275 Å². The summed E-state index contributed by atoms with van der Waals surface area (Å²) in [5.74, 6) is -2.46. The number of nitrogens with one attached hydrogen (secondary N) is 1. The van der Waals surface area contributed by atoms with Gasteiger partial charge >= 0.3 is 12.1 Å².